The molecule has 0 unspecified atom stereocenters. The Kier molecular flexibility index (Phi) is 9.12. The monoisotopic (exact) mass is 625 g/mol. The van der Waals surface area contributed by atoms with Crippen LogP contribution in [0.25, 0.3) is 33.1 Å². The van der Waals surface area contributed by atoms with Gasteiger partial charge >= 0.3 is 0 Å². The molecule has 1 fully saturated rings. The van der Waals surface area contributed by atoms with E-state index in [0.29, 0.717) is 43.9 Å². The maximum absolute atomic E-state index is 13.5. The lowest BCUT2D eigenvalue weighted by Gasteiger charge is -2.15. The summed E-state index contributed by atoms with van der Waals surface area (Å²) < 4.78 is 35.3. The van der Waals surface area contributed by atoms with Crippen LogP contribution in [0, 0.1) is 5.92 Å². The van der Waals surface area contributed by atoms with Crippen LogP contribution >= 0.6 is 0 Å². The SMILES string of the molecule is COc1cc2cnn(COCC[Si](C)(C)C)c2cc1-c1cn(COCC[Si](C)(C)C)c2nc(NC(=O)[C@H]3C[C@H]3F)ccc12. The molecule has 2 atom stereocenters. The Morgan fingerprint density at radius 3 is 2.33 bits per heavy atom. The van der Waals surface area contributed by atoms with Gasteiger partial charge in [-0.15, -0.1) is 0 Å². The molecule has 0 aliphatic heterocycles. The van der Waals surface area contributed by atoms with Crippen LogP contribution < -0.4 is 10.1 Å². The fourth-order valence-corrected chi connectivity index (χ4v) is 6.37. The standard InChI is InChI=1S/C31H44FN5O4Si2/c1-39-28-14-21-17-33-37(20-41-11-13-43(5,6)7)27(21)16-23(28)25-18-36(19-40-10-12-42(2,3)4)30-22(25)8-9-29(34-30)35-31(38)24-15-26(24)32/h8-9,14,16-18,24,26H,10-13,15,19-20H2,1-7H3,(H,34,35,38)/t24-,26+/m0/s1. The highest BCUT2D eigenvalue weighted by molar-refractivity contribution is 6.76. The molecule has 12 heteroatoms. The number of amides is 1. The molecular weight excluding hydrogens is 582 g/mol. The minimum absolute atomic E-state index is 0.266. The van der Waals surface area contributed by atoms with Gasteiger partial charge in [0.05, 0.1) is 24.7 Å². The van der Waals surface area contributed by atoms with Crippen molar-refractivity contribution >= 4 is 49.8 Å². The predicted molar refractivity (Wildman–Crippen MR) is 175 cm³/mol. The highest BCUT2D eigenvalue weighted by Gasteiger charge is 2.43. The van der Waals surface area contributed by atoms with Crippen molar-refractivity contribution in [2.75, 3.05) is 25.6 Å². The molecule has 43 heavy (non-hydrogen) atoms. The topological polar surface area (TPSA) is 92.4 Å². The molecule has 1 aliphatic carbocycles. The van der Waals surface area contributed by atoms with Crippen LogP contribution in [0.5, 0.6) is 5.75 Å². The number of fused-ring (bicyclic) bond motifs is 2. The molecule has 5 rings (SSSR count). The molecule has 1 saturated carbocycles. The summed E-state index contributed by atoms with van der Waals surface area (Å²) in [5.74, 6) is 0.174. The van der Waals surface area contributed by atoms with Crippen molar-refractivity contribution in [3.05, 3.63) is 36.7 Å². The van der Waals surface area contributed by atoms with Crippen molar-refractivity contribution in [3.8, 4) is 16.9 Å². The number of alkyl halides is 1. The number of benzene rings is 1. The van der Waals surface area contributed by atoms with E-state index >= 15 is 0 Å². The van der Waals surface area contributed by atoms with Crippen LogP contribution in [0.3, 0.4) is 0 Å². The Hall–Kier alpha value is -3.07. The second kappa shape index (κ2) is 12.5. The molecule has 3 aromatic heterocycles. The minimum Gasteiger partial charge on any atom is -0.496 e. The van der Waals surface area contributed by atoms with Crippen LogP contribution in [0.4, 0.5) is 10.2 Å². The van der Waals surface area contributed by atoms with E-state index in [4.69, 9.17) is 19.2 Å². The summed E-state index contributed by atoms with van der Waals surface area (Å²) in [4.78, 5) is 17.2. The van der Waals surface area contributed by atoms with E-state index in [1.807, 2.05) is 33.8 Å². The number of carbonyl (C=O) groups is 1. The molecule has 1 aliphatic rings. The second-order valence-corrected chi connectivity index (χ2v) is 25.1. The normalized spacial score (nSPS) is 17.1. The van der Waals surface area contributed by atoms with E-state index in [9.17, 15) is 9.18 Å². The van der Waals surface area contributed by atoms with Gasteiger partial charge in [-0.3, -0.25) is 4.79 Å². The molecule has 232 valence electrons. The highest BCUT2D eigenvalue weighted by Crippen LogP contribution is 2.39. The average molecular weight is 626 g/mol. The quantitative estimate of drug-likeness (QED) is 0.120. The van der Waals surface area contributed by atoms with Gasteiger partial charge < -0.3 is 24.1 Å². The molecule has 4 aromatic rings. The molecule has 0 saturated heterocycles. The second-order valence-electron chi connectivity index (χ2n) is 13.9. The maximum Gasteiger partial charge on any atom is 0.231 e. The molecule has 3 heterocycles. The number of pyridine rings is 1. The number of anilines is 1. The number of nitrogens with zero attached hydrogens (tertiary/aromatic N) is 4. The summed E-state index contributed by atoms with van der Waals surface area (Å²) in [5, 5.41) is 9.22. The number of rotatable bonds is 14. The van der Waals surface area contributed by atoms with Crippen LogP contribution in [-0.2, 0) is 27.7 Å². The van der Waals surface area contributed by atoms with E-state index in [2.05, 4.69) is 55.8 Å². The van der Waals surface area contributed by atoms with Gasteiger partial charge in [0.1, 0.15) is 36.8 Å². The van der Waals surface area contributed by atoms with Crippen LogP contribution in [0.2, 0.25) is 51.4 Å². The number of nitrogens with one attached hydrogen (secondary N) is 1. The molecule has 9 nitrogen and oxygen atoms in total. The lowest BCUT2D eigenvalue weighted by atomic mass is 10.0. The minimum atomic E-state index is -1.25. The molecule has 0 spiro atoms. The van der Waals surface area contributed by atoms with Crippen molar-refractivity contribution in [2.24, 2.45) is 5.92 Å². The number of methoxy groups -OCH3 is 1. The zero-order valence-electron chi connectivity index (χ0n) is 26.4. The first kappa shape index (κ1) is 31.4. The summed E-state index contributed by atoms with van der Waals surface area (Å²) in [7, 11) is -0.783. The largest absolute Gasteiger partial charge is 0.496 e. The third-order valence-corrected chi connectivity index (χ3v) is 11.1. The summed E-state index contributed by atoms with van der Waals surface area (Å²) >= 11 is 0. The van der Waals surface area contributed by atoms with E-state index < -0.39 is 28.2 Å². The number of halogens is 1. The van der Waals surface area contributed by atoms with Gasteiger partial charge in [-0.05, 0) is 42.8 Å². The molecular formula is C31H44FN5O4Si2. The van der Waals surface area contributed by atoms with Crippen molar-refractivity contribution < 1.29 is 23.4 Å². The molecule has 0 bridgehead atoms. The average Bonchev–Trinajstić information content (AvgIpc) is 3.39. The van der Waals surface area contributed by atoms with Crippen LogP contribution in [-0.4, -0.2) is 67.9 Å². The van der Waals surface area contributed by atoms with Crippen molar-refractivity contribution in [2.45, 2.75) is 77.4 Å². The third-order valence-electron chi connectivity index (χ3n) is 7.71. The third kappa shape index (κ3) is 7.72. The summed E-state index contributed by atoms with van der Waals surface area (Å²) in [6.45, 7) is 16.0. The molecule has 0 radical (unpaired) electrons. The zero-order valence-corrected chi connectivity index (χ0v) is 28.4. The van der Waals surface area contributed by atoms with Gasteiger partial charge in [0.25, 0.3) is 0 Å². The highest BCUT2D eigenvalue weighted by atomic mass is 28.3. The van der Waals surface area contributed by atoms with Crippen molar-refractivity contribution in [1.29, 1.82) is 0 Å². The molecule has 1 amide bonds. The number of hydrogen-bond acceptors (Lipinski definition) is 6. The number of ether oxygens (including phenoxy) is 3. The Labute approximate surface area is 254 Å². The van der Waals surface area contributed by atoms with Crippen molar-refractivity contribution in [3.63, 3.8) is 0 Å². The fraction of sp³-hybridized carbons (Fsp3) is 0.516. The maximum atomic E-state index is 13.5. The molecule has 1 N–H and O–H groups in total. The zero-order chi connectivity index (χ0) is 30.9. The Morgan fingerprint density at radius 1 is 1.02 bits per heavy atom. The summed E-state index contributed by atoms with van der Waals surface area (Å²) in [6.07, 6.45) is 3.05. The lowest BCUT2D eigenvalue weighted by Crippen LogP contribution is -2.22. The van der Waals surface area contributed by atoms with E-state index in [0.717, 1.165) is 39.5 Å². The van der Waals surface area contributed by atoms with E-state index in [1.54, 1.807) is 13.2 Å². The Balaban J connectivity index is 1.49. The van der Waals surface area contributed by atoms with Gasteiger partial charge in [0, 0.05) is 57.5 Å². The van der Waals surface area contributed by atoms with Crippen molar-refractivity contribution in [1.82, 2.24) is 19.3 Å². The predicted octanol–water partition coefficient (Wildman–Crippen LogP) is 6.98. The van der Waals surface area contributed by atoms with Gasteiger partial charge in [-0.25, -0.2) is 14.1 Å². The smallest absolute Gasteiger partial charge is 0.231 e. The lowest BCUT2D eigenvalue weighted by molar-refractivity contribution is -0.117. The number of carbonyl (C=O) groups excluding carboxylic acids is 1. The number of aromatic nitrogens is 4. The Morgan fingerprint density at radius 2 is 1.70 bits per heavy atom. The molecule has 1 aromatic carbocycles. The van der Waals surface area contributed by atoms with E-state index in [1.165, 1.54) is 0 Å². The summed E-state index contributed by atoms with van der Waals surface area (Å²) in [6, 6.07) is 9.92. The van der Waals surface area contributed by atoms with Crippen LogP contribution in [0.15, 0.2) is 36.7 Å². The number of hydrogen-bond donors (Lipinski definition) is 1. The fourth-order valence-electron chi connectivity index (χ4n) is 4.86. The van der Waals surface area contributed by atoms with Gasteiger partial charge in [-0.2, -0.15) is 5.10 Å². The van der Waals surface area contributed by atoms with Gasteiger partial charge in [-0.1, -0.05) is 39.3 Å². The first-order valence-electron chi connectivity index (χ1n) is 15.0. The van der Waals surface area contributed by atoms with Gasteiger partial charge in [0.15, 0.2) is 0 Å². The Bertz CT molecular complexity index is 1610. The van der Waals surface area contributed by atoms with E-state index in [-0.39, 0.29) is 12.3 Å². The van der Waals surface area contributed by atoms with Crippen LogP contribution in [0.1, 0.15) is 6.42 Å². The first-order valence-corrected chi connectivity index (χ1v) is 22.4. The summed E-state index contributed by atoms with van der Waals surface area (Å²) in [5.41, 5.74) is 3.42. The van der Waals surface area contributed by atoms with Gasteiger partial charge in [0.2, 0.25) is 5.91 Å². The first-order chi connectivity index (χ1) is 20.3.